The number of hydrogen-bond donors (Lipinski definition) is 0. The Kier molecular flexibility index (Phi) is 3.12. The van der Waals surface area contributed by atoms with E-state index in [-0.39, 0.29) is 5.41 Å². The Morgan fingerprint density at radius 3 is 2.50 bits per heavy atom. The lowest BCUT2D eigenvalue weighted by atomic mass is 9.95. The van der Waals surface area contributed by atoms with Crippen LogP contribution in [-0.4, -0.2) is 46.1 Å². The molecule has 1 aliphatic heterocycles. The van der Waals surface area contributed by atoms with Gasteiger partial charge in [-0.25, -0.2) is 9.97 Å². The first-order valence-corrected chi connectivity index (χ1v) is 7.00. The summed E-state index contributed by atoms with van der Waals surface area (Å²) in [5.74, 6) is 1.84. The Hall–Kier alpha value is -1.69. The molecule has 0 bridgehead atoms. The molecule has 2 aromatic heterocycles. The molecule has 2 aromatic rings. The summed E-state index contributed by atoms with van der Waals surface area (Å²) in [5.41, 5.74) is 0.811. The summed E-state index contributed by atoms with van der Waals surface area (Å²) >= 11 is 0. The predicted molar refractivity (Wildman–Crippen MR) is 78.0 cm³/mol. The highest BCUT2D eigenvalue weighted by Crippen LogP contribution is 2.28. The van der Waals surface area contributed by atoms with Crippen molar-refractivity contribution in [2.75, 3.05) is 31.2 Å². The van der Waals surface area contributed by atoms with Crippen LogP contribution in [0.25, 0.3) is 11.0 Å². The first kappa shape index (κ1) is 13.3. The van der Waals surface area contributed by atoms with Crippen molar-refractivity contribution in [3.8, 4) is 0 Å². The summed E-state index contributed by atoms with van der Waals surface area (Å²) in [6.45, 7) is 9.62. The van der Waals surface area contributed by atoms with Gasteiger partial charge in [0, 0.05) is 25.6 Å². The van der Waals surface area contributed by atoms with Gasteiger partial charge in [-0.3, -0.25) is 4.68 Å². The van der Waals surface area contributed by atoms with Gasteiger partial charge in [0.1, 0.15) is 11.6 Å². The fourth-order valence-electron chi connectivity index (χ4n) is 2.36. The molecule has 0 N–H and O–H groups in total. The molecule has 108 valence electrons. The fraction of sp³-hybridized carbons (Fsp3) is 0.643. The van der Waals surface area contributed by atoms with Gasteiger partial charge >= 0.3 is 0 Å². The van der Waals surface area contributed by atoms with E-state index in [9.17, 15) is 0 Å². The van der Waals surface area contributed by atoms with Crippen LogP contribution in [0.2, 0.25) is 0 Å². The minimum absolute atomic E-state index is 0.0838. The largest absolute Gasteiger partial charge is 0.378 e. The number of rotatable bonds is 1. The second-order valence-corrected chi connectivity index (χ2v) is 6.23. The Morgan fingerprint density at radius 2 is 1.85 bits per heavy atom. The molecule has 0 aliphatic carbocycles. The zero-order valence-electron chi connectivity index (χ0n) is 12.6. The van der Waals surface area contributed by atoms with Crippen LogP contribution in [-0.2, 0) is 17.2 Å². The van der Waals surface area contributed by atoms with Gasteiger partial charge in [0.25, 0.3) is 0 Å². The Labute approximate surface area is 118 Å². The van der Waals surface area contributed by atoms with E-state index in [0.717, 1.165) is 49.0 Å². The second kappa shape index (κ2) is 4.70. The van der Waals surface area contributed by atoms with E-state index < -0.39 is 0 Å². The maximum atomic E-state index is 5.43. The fourth-order valence-corrected chi connectivity index (χ4v) is 2.36. The Bertz CT molecular complexity index is 622. The third-order valence-electron chi connectivity index (χ3n) is 3.55. The highest BCUT2D eigenvalue weighted by molar-refractivity contribution is 5.87. The van der Waals surface area contributed by atoms with Crippen LogP contribution in [0.1, 0.15) is 26.6 Å². The van der Waals surface area contributed by atoms with Crippen LogP contribution < -0.4 is 4.90 Å². The predicted octanol–water partition coefficient (Wildman–Crippen LogP) is 1.50. The van der Waals surface area contributed by atoms with E-state index in [1.807, 2.05) is 17.9 Å². The summed E-state index contributed by atoms with van der Waals surface area (Å²) in [5, 5.41) is 5.35. The van der Waals surface area contributed by atoms with E-state index in [1.165, 1.54) is 0 Å². The smallest absolute Gasteiger partial charge is 0.163 e. The minimum Gasteiger partial charge on any atom is -0.378 e. The van der Waals surface area contributed by atoms with Gasteiger partial charge in [0.2, 0.25) is 0 Å². The maximum Gasteiger partial charge on any atom is 0.163 e. The third kappa shape index (κ3) is 2.24. The molecule has 1 fully saturated rings. The summed E-state index contributed by atoms with van der Waals surface area (Å²) < 4.78 is 7.25. The number of anilines is 1. The molecule has 0 saturated carbocycles. The second-order valence-electron chi connectivity index (χ2n) is 6.23. The van der Waals surface area contributed by atoms with Crippen LogP contribution in [0.15, 0.2) is 6.20 Å². The van der Waals surface area contributed by atoms with E-state index in [4.69, 9.17) is 14.7 Å². The van der Waals surface area contributed by atoms with Gasteiger partial charge in [0.15, 0.2) is 5.65 Å². The monoisotopic (exact) mass is 275 g/mol. The molecule has 20 heavy (non-hydrogen) atoms. The standard InChI is InChI=1S/C14H21N5O/c1-14(2,3)13-16-11-10(9-15-18(11)4)12(17-13)19-5-7-20-8-6-19/h9H,5-8H2,1-4H3. The average Bonchev–Trinajstić information content (AvgIpc) is 2.80. The number of nitrogens with zero attached hydrogens (tertiary/aromatic N) is 5. The lowest BCUT2D eigenvalue weighted by Crippen LogP contribution is -2.37. The molecule has 0 amide bonds. The van der Waals surface area contributed by atoms with E-state index in [2.05, 4.69) is 30.8 Å². The van der Waals surface area contributed by atoms with Crippen molar-refractivity contribution in [2.24, 2.45) is 7.05 Å². The molecule has 0 atom stereocenters. The normalized spacial score (nSPS) is 16.9. The van der Waals surface area contributed by atoms with E-state index in [0.29, 0.717) is 0 Å². The Morgan fingerprint density at radius 1 is 1.15 bits per heavy atom. The molecule has 0 spiro atoms. The lowest BCUT2D eigenvalue weighted by molar-refractivity contribution is 0.122. The van der Waals surface area contributed by atoms with Gasteiger partial charge in [-0.15, -0.1) is 0 Å². The number of aryl methyl sites for hydroxylation is 1. The third-order valence-corrected chi connectivity index (χ3v) is 3.55. The topological polar surface area (TPSA) is 56.1 Å². The van der Waals surface area contributed by atoms with Crippen molar-refractivity contribution in [1.29, 1.82) is 0 Å². The molecule has 6 heteroatoms. The lowest BCUT2D eigenvalue weighted by Gasteiger charge is -2.29. The van der Waals surface area contributed by atoms with Crippen molar-refractivity contribution < 1.29 is 4.74 Å². The van der Waals surface area contributed by atoms with Crippen molar-refractivity contribution in [3.63, 3.8) is 0 Å². The summed E-state index contributed by atoms with van der Waals surface area (Å²) in [6, 6.07) is 0. The van der Waals surface area contributed by atoms with Gasteiger partial charge in [-0.2, -0.15) is 5.10 Å². The SMILES string of the molecule is Cn1ncc2c(N3CCOCC3)nc(C(C)(C)C)nc21. The van der Waals surface area contributed by atoms with Crippen molar-refractivity contribution in [1.82, 2.24) is 19.7 Å². The molecule has 0 unspecified atom stereocenters. The number of aromatic nitrogens is 4. The summed E-state index contributed by atoms with van der Waals surface area (Å²) in [6.07, 6.45) is 1.85. The van der Waals surface area contributed by atoms with Gasteiger partial charge in [0.05, 0.1) is 24.8 Å². The summed E-state index contributed by atoms with van der Waals surface area (Å²) in [7, 11) is 1.92. The zero-order valence-corrected chi connectivity index (χ0v) is 12.6. The quantitative estimate of drug-likeness (QED) is 0.789. The van der Waals surface area contributed by atoms with Crippen LogP contribution in [0, 0.1) is 0 Å². The molecule has 3 heterocycles. The highest BCUT2D eigenvalue weighted by atomic mass is 16.5. The van der Waals surface area contributed by atoms with Crippen LogP contribution in [0.3, 0.4) is 0 Å². The Balaban J connectivity index is 2.17. The zero-order chi connectivity index (χ0) is 14.3. The number of morpholine rings is 1. The summed E-state index contributed by atoms with van der Waals surface area (Å²) in [4.78, 5) is 11.8. The first-order chi connectivity index (χ1) is 9.47. The molecule has 0 radical (unpaired) electrons. The molecule has 1 aliphatic rings. The minimum atomic E-state index is -0.0838. The van der Waals surface area contributed by atoms with Crippen LogP contribution in [0.5, 0.6) is 0 Å². The number of hydrogen-bond acceptors (Lipinski definition) is 5. The van der Waals surface area contributed by atoms with Gasteiger partial charge < -0.3 is 9.64 Å². The van der Waals surface area contributed by atoms with Crippen molar-refractivity contribution in [3.05, 3.63) is 12.0 Å². The van der Waals surface area contributed by atoms with Gasteiger partial charge in [-0.05, 0) is 0 Å². The molecule has 3 rings (SSSR count). The molecule has 0 aromatic carbocycles. The maximum absolute atomic E-state index is 5.43. The highest BCUT2D eigenvalue weighted by Gasteiger charge is 2.24. The molecule has 1 saturated heterocycles. The molecular formula is C14H21N5O. The van der Waals surface area contributed by atoms with Crippen molar-refractivity contribution in [2.45, 2.75) is 26.2 Å². The van der Waals surface area contributed by atoms with E-state index >= 15 is 0 Å². The van der Waals surface area contributed by atoms with Crippen LogP contribution in [0.4, 0.5) is 5.82 Å². The van der Waals surface area contributed by atoms with Crippen molar-refractivity contribution >= 4 is 16.9 Å². The number of fused-ring (bicyclic) bond motifs is 1. The first-order valence-electron chi connectivity index (χ1n) is 7.00. The number of ether oxygens (including phenoxy) is 1. The molecular weight excluding hydrogens is 254 g/mol. The van der Waals surface area contributed by atoms with E-state index in [1.54, 1.807) is 0 Å². The molecule has 6 nitrogen and oxygen atoms in total. The van der Waals surface area contributed by atoms with Gasteiger partial charge in [-0.1, -0.05) is 20.8 Å². The average molecular weight is 275 g/mol. The van der Waals surface area contributed by atoms with Crippen LogP contribution >= 0.6 is 0 Å².